The number of ether oxygens (including phenoxy) is 2. The highest BCUT2D eigenvalue weighted by atomic mass is 16.5. The van der Waals surface area contributed by atoms with Crippen LogP contribution in [0.15, 0.2) is 115 Å². The van der Waals surface area contributed by atoms with Crippen LogP contribution in [0.25, 0.3) is 16.8 Å². The zero-order valence-electron chi connectivity index (χ0n) is 23.9. The number of carbonyl (C=O) groups is 1. The normalized spacial score (nSPS) is 17.8. The Morgan fingerprint density at radius 3 is 1.98 bits per heavy atom. The molecule has 0 bridgehead atoms. The summed E-state index contributed by atoms with van der Waals surface area (Å²) in [6, 6.07) is 36.3. The molecule has 2 aliphatic heterocycles. The number of carboxylic acid groups (broad SMARTS) is 1. The Kier molecular flexibility index (Phi) is 6.74. The minimum absolute atomic E-state index is 0.286. The Morgan fingerprint density at radius 2 is 1.35 bits per heavy atom. The Bertz CT molecular complexity index is 1810. The van der Waals surface area contributed by atoms with Gasteiger partial charge >= 0.3 is 5.97 Å². The van der Waals surface area contributed by atoms with Crippen LogP contribution in [-0.4, -0.2) is 44.4 Å². The second-order valence-corrected chi connectivity index (χ2v) is 10.9. The van der Waals surface area contributed by atoms with Gasteiger partial charge in [-0.15, -0.1) is 0 Å². The predicted molar refractivity (Wildman–Crippen MR) is 172 cm³/mol. The number of piperazine rings is 1. The molecular weight excluding hydrogens is 536 g/mol. The van der Waals surface area contributed by atoms with Gasteiger partial charge in [-0.05, 0) is 77.5 Å². The number of rotatable bonds is 6. The monoisotopic (exact) mass is 568 g/mol. The van der Waals surface area contributed by atoms with Gasteiger partial charge in [0.2, 0.25) is 0 Å². The maximum atomic E-state index is 11.8. The standard InChI is InChI=1S/C37H32N2O4/c1-42-30-16-14-29(15-17-30)39-24-22-38(23-25-39)28-12-10-27(11-13-28)37(26-6-3-2-4-7-26)21-20-33-31-8-5-9-34(36(40)41)32(31)18-19-35(33)43-37/h2-21H,22-25H2,1H3,(H,40,41). The van der Waals surface area contributed by atoms with Crippen molar-refractivity contribution in [2.75, 3.05) is 43.1 Å². The van der Waals surface area contributed by atoms with E-state index in [9.17, 15) is 9.90 Å². The Morgan fingerprint density at radius 1 is 0.721 bits per heavy atom. The van der Waals surface area contributed by atoms with Crippen molar-refractivity contribution in [2.45, 2.75) is 5.60 Å². The molecule has 0 radical (unpaired) electrons. The van der Waals surface area contributed by atoms with E-state index < -0.39 is 11.6 Å². The molecule has 7 rings (SSSR count). The molecule has 1 atom stereocenters. The summed E-state index contributed by atoms with van der Waals surface area (Å²) in [4.78, 5) is 16.7. The van der Waals surface area contributed by atoms with E-state index in [4.69, 9.17) is 9.47 Å². The van der Waals surface area contributed by atoms with Gasteiger partial charge in [-0.1, -0.05) is 54.6 Å². The minimum atomic E-state index is -0.938. The number of methoxy groups -OCH3 is 1. The molecule has 0 amide bonds. The van der Waals surface area contributed by atoms with E-state index in [0.29, 0.717) is 5.39 Å². The lowest BCUT2D eigenvalue weighted by molar-refractivity contribution is 0.0699. The van der Waals surface area contributed by atoms with Crippen LogP contribution in [0.1, 0.15) is 27.0 Å². The van der Waals surface area contributed by atoms with E-state index in [1.54, 1.807) is 19.2 Å². The molecule has 6 heteroatoms. The van der Waals surface area contributed by atoms with Crippen LogP contribution in [0.2, 0.25) is 0 Å². The lowest BCUT2D eigenvalue weighted by Gasteiger charge is -2.38. The summed E-state index contributed by atoms with van der Waals surface area (Å²) in [6.07, 6.45) is 4.17. The molecule has 1 fully saturated rings. The maximum Gasteiger partial charge on any atom is 0.336 e. The third kappa shape index (κ3) is 4.75. The molecule has 2 aliphatic rings. The van der Waals surface area contributed by atoms with E-state index >= 15 is 0 Å². The van der Waals surface area contributed by atoms with E-state index in [2.05, 4.69) is 70.5 Å². The van der Waals surface area contributed by atoms with Gasteiger partial charge < -0.3 is 24.4 Å². The molecule has 0 spiro atoms. The van der Waals surface area contributed by atoms with Crippen LogP contribution in [0.4, 0.5) is 11.4 Å². The average Bonchev–Trinajstić information content (AvgIpc) is 3.08. The molecule has 43 heavy (non-hydrogen) atoms. The largest absolute Gasteiger partial charge is 0.497 e. The van der Waals surface area contributed by atoms with Crippen molar-refractivity contribution >= 4 is 34.2 Å². The van der Waals surface area contributed by atoms with Crippen molar-refractivity contribution < 1.29 is 19.4 Å². The van der Waals surface area contributed by atoms with Crippen LogP contribution < -0.4 is 19.3 Å². The molecule has 214 valence electrons. The van der Waals surface area contributed by atoms with Gasteiger partial charge in [0, 0.05) is 54.2 Å². The van der Waals surface area contributed by atoms with Crippen molar-refractivity contribution in [3.63, 3.8) is 0 Å². The number of carboxylic acids is 1. The third-order valence-electron chi connectivity index (χ3n) is 8.63. The van der Waals surface area contributed by atoms with Gasteiger partial charge in [0.15, 0.2) is 5.60 Å². The van der Waals surface area contributed by atoms with Crippen molar-refractivity contribution in [1.29, 1.82) is 0 Å². The number of nitrogens with zero attached hydrogens (tertiary/aromatic N) is 2. The summed E-state index contributed by atoms with van der Waals surface area (Å²) in [5.74, 6) is 0.656. The molecule has 6 nitrogen and oxygen atoms in total. The summed E-state index contributed by atoms with van der Waals surface area (Å²) in [7, 11) is 1.69. The van der Waals surface area contributed by atoms with Crippen LogP contribution in [0.3, 0.4) is 0 Å². The number of hydrogen-bond acceptors (Lipinski definition) is 5. The summed E-state index contributed by atoms with van der Waals surface area (Å²) < 4.78 is 12.2. The number of benzene rings is 5. The minimum Gasteiger partial charge on any atom is -0.497 e. The van der Waals surface area contributed by atoms with Crippen LogP contribution in [0.5, 0.6) is 11.5 Å². The molecule has 5 aromatic rings. The highest BCUT2D eigenvalue weighted by Gasteiger charge is 2.37. The summed E-state index contributed by atoms with van der Waals surface area (Å²) in [5.41, 5.74) is 4.81. The predicted octanol–water partition coefficient (Wildman–Crippen LogP) is 7.22. The second kappa shape index (κ2) is 10.9. The van der Waals surface area contributed by atoms with Crippen LogP contribution in [0, 0.1) is 0 Å². The first-order valence-corrected chi connectivity index (χ1v) is 14.5. The first-order chi connectivity index (χ1) is 21.1. The third-order valence-corrected chi connectivity index (χ3v) is 8.63. The zero-order chi connectivity index (χ0) is 29.4. The van der Waals surface area contributed by atoms with Gasteiger partial charge in [-0.25, -0.2) is 4.79 Å². The smallest absolute Gasteiger partial charge is 0.336 e. The number of hydrogen-bond donors (Lipinski definition) is 1. The zero-order valence-corrected chi connectivity index (χ0v) is 23.9. The molecule has 1 saturated heterocycles. The first kappa shape index (κ1) is 26.7. The molecule has 0 aliphatic carbocycles. The molecule has 0 saturated carbocycles. The number of aromatic carboxylic acids is 1. The first-order valence-electron chi connectivity index (χ1n) is 14.5. The highest BCUT2D eigenvalue weighted by Crippen LogP contribution is 2.44. The molecular formula is C37H32N2O4. The Balaban J connectivity index is 1.18. The van der Waals surface area contributed by atoms with Crippen LogP contribution in [-0.2, 0) is 5.60 Å². The number of anilines is 2. The van der Waals surface area contributed by atoms with Gasteiger partial charge in [0.1, 0.15) is 11.5 Å². The van der Waals surface area contributed by atoms with Crippen molar-refractivity contribution in [3.8, 4) is 11.5 Å². The van der Waals surface area contributed by atoms with Gasteiger partial charge in [0.25, 0.3) is 0 Å². The molecule has 0 aromatic heterocycles. The second-order valence-electron chi connectivity index (χ2n) is 10.9. The Labute approximate surface area is 251 Å². The van der Waals surface area contributed by atoms with Crippen molar-refractivity contribution in [1.82, 2.24) is 0 Å². The Hall–Kier alpha value is -5.23. The van der Waals surface area contributed by atoms with Crippen LogP contribution >= 0.6 is 0 Å². The van der Waals surface area contributed by atoms with E-state index in [1.165, 1.54) is 11.4 Å². The van der Waals surface area contributed by atoms with Crippen molar-refractivity contribution in [3.05, 3.63) is 138 Å². The fourth-order valence-corrected chi connectivity index (χ4v) is 6.32. The van der Waals surface area contributed by atoms with Gasteiger partial charge in [0.05, 0.1) is 12.7 Å². The lowest BCUT2D eigenvalue weighted by Crippen LogP contribution is -2.46. The van der Waals surface area contributed by atoms with Gasteiger partial charge in [-0.2, -0.15) is 0 Å². The number of fused-ring (bicyclic) bond motifs is 3. The highest BCUT2D eigenvalue weighted by molar-refractivity contribution is 6.06. The lowest BCUT2D eigenvalue weighted by atomic mass is 9.83. The van der Waals surface area contributed by atoms with E-state index in [1.807, 2.05) is 48.5 Å². The van der Waals surface area contributed by atoms with E-state index in [0.717, 1.165) is 59.8 Å². The average molecular weight is 569 g/mol. The molecule has 5 aromatic carbocycles. The molecule has 2 heterocycles. The van der Waals surface area contributed by atoms with E-state index in [-0.39, 0.29) is 5.56 Å². The summed E-state index contributed by atoms with van der Waals surface area (Å²) in [6.45, 7) is 3.76. The molecule has 1 N–H and O–H groups in total. The maximum absolute atomic E-state index is 11.8. The molecule has 1 unspecified atom stereocenters. The topological polar surface area (TPSA) is 62.2 Å². The fourth-order valence-electron chi connectivity index (χ4n) is 6.32. The SMILES string of the molecule is COc1ccc(N2CCN(c3ccc(C4(c5ccccc5)C=Cc5c(ccc6c(C(=O)O)cccc56)O4)cc3)CC2)cc1. The summed E-state index contributed by atoms with van der Waals surface area (Å²) >= 11 is 0. The summed E-state index contributed by atoms with van der Waals surface area (Å²) in [5, 5.41) is 11.3. The van der Waals surface area contributed by atoms with Crippen molar-refractivity contribution in [2.24, 2.45) is 0 Å². The quantitative estimate of drug-likeness (QED) is 0.233. The van der Waals surface area contributed by atoms with Gasteiger partial charge in [-0.3, -0.25) is 0 Å². The fraction of sp³-hybridized carbons (Fsp3) is 0.162.